The van der Waals surface area contributed by atoms with Crippen LogP contribution >= 0.6 is 0 Å². The number of aromatic nitrogens is 4. The zero-order chi connectivity index (χ0) is 22.1. The van der Waals surface area contributed by atoms with Gasteiger partial charge in [-0.25, -0.2) is 4.98 Å². The van der Waals surface area contributed by atoms with E-state index >= 15 is 0 Å². The number of imidazole rings is 1. The molecule has 32 heavy (non-hydrogen) atoms. The number of aromatic amines is 2. The third kappa shape index (κ3) is 3.63. The quantitative estimate of drug-likeness (QED) is 0.339. The van der Waals surface area contributed by atoms with Crippen molar-refractivity contribution in [2.75, 3.05) is 17.7 Å². The van der Waals surface area contributed by atoms with Gasteiger partial charge in [-0.05, 0) is 54.6 Å². The summed E-state index contributed by atoms with van der Waals surface area (Å²) in [6.45, 7) is 0. The van der Waals surface area contributed by atoms with E-state index in [4.69, 9.17) is 4.74 Å². The number of nitrogens with one attached hydrogen (secondary N) is 4. The Morgan fingerprint density at radius 2 is 1.75 bits per heavy atom. The SMILES string of the molecule is COc1ccc2[nH]nc(NC(=O)c3cccc(NC(=O)c4ccc5nc[nH]c5c4)c3)c2c1. The molecule has 0 aliphatic carbocycles. The molecule has 158 valence electrons. The van der Waals surface area contributed by atoms with Gasteiger partial charge in [0.05, 0.1) is 30.0 Å². The van der Waals surface area contributed by atoms with Crippen molar-refractivity contribution < 1.29 is 14.3 Å². The van der Waals surface area contributed by atoms with Crippen LogP contribution in [-0.4, -0.2) is 39.1 Å². The molecule has 0 atom stereocenters. The van der Waals surface area contributed by atoms with Crippen molar-refractivity contribution in [3.05, 3.63) is 78.1 Å². The maximum absolute atomic E-state index is 12.8. The standard InChI is InChI=1S/C23H18N6O3/c1-32-16-6-8-18-17(11-16)21(29-28-18)27-23(31)13-3-2-4-15(9-13)26-22(30)14-5-7-19-20(10-14)25-12-24-19/h2-12H,1H3,(H,24,25)(H,26,30)(H2,27,28,29,31). The van der Waals surface area contributed by atoms with E-state index in [0.29, 0.717) is 28.4 Å². The van der Waals surface area contributed by atoms with Crippen molar-refractivity contribution >= 4 is 45.3 Å². The van der Waals surface area contributed by atoms with Gasteiger partial charge in [-0.15, -0.1) is 0 Å². The molecule has 0 unspecified atom stereocenters. The number of H-pyrrole nitrogens is 2. The van der Waals surface area contributed by atoms with Crippen molar-refractivity contribution in [3.63, 3.8) is 0 Å². The molecule has 0 radical (unpaired) electrons. The second-order valence-electron chi connectivity index (χ2n) is 7.11. The highest BCUT2D eigenvalue weighted by Gasteiger charge is 2.14. The van der Waals surface area contributed by atoms with Crippen LogP contribution in [0.2, 0.25) is 0 Å². The van der Waals surface area contributed by atoms with Gasteiger partial charge in [-0.1, -0.05) is 6.07 Å². The Hall–Kier alpha value is -4.66. The molecule has 5 rings (SSSR count). The fraction of sp³-hybridized carbons (Fsp3) is 0.0435. The minimum atomic E-state index is -0.351. The number of rotatable bonds is 5. The Balaban J connectivity index is 1.34. The van der Waals surface area contributed by atoms with Crippen molar-refractivity contribution in [1.82, 2.24) is 20.2 Å². The zero-order valence-electron chi connectivity index (χ0n) is 17.0. The summed E-state index contributed by atoms with van der Waals surface area (Å²) in [7, 11) is 1.58. The van der Waals surface area contributed by atoms with Crippen molar-refractivity contribution in [2.24, 2.45) is 0 Å². The lowest BCUT2D eigenvalue weighted by Crippen LogP contribution is -2.15. The van der Waals surface area contributed by atoms with E-state index in [1.807, 2.05) is 12.1 Å². The monoisotopic (exact) mass is 426 g/mol. The Morgan fingerprint density at radius 3 is 2.62 bits per heavy atom. The molecule has 0 saturated heterocycles. The third-order valence-corrected chi connectivity index (χ3v) is 5.07. The molecule has 5 aromatic rings. The van der Waals surface area contributed by atoms with Crippen LogP contribution < -0.4 is 15.4 Å². The fourth-order valence-electron chi connectivity index (χ4n) is 3.41. The molecule has 0 aliphatic rings. The number of ether oxygens (including phenoxy) is 1. The molecule has 2 amide bonds. The third-order valence-electron chi connectivity index (χ3n) is 5.07. The second-order valence-corrected chi connectivity index (χ2v) is 7.11. The van der Waals surface area contributed by atoms with Gasteiger partial charge in [0.15, 0.2) is 5.82 Å². The summed E-state index contributed by atoms with van der Waals surface area (Å²) >= 11 is 0. The lowest BCUT2D eigenvalue weighted by Gasteiger charge is -2.08. The van der Waals surface area contributed by atoms with E-state index in [-0.39, 0.29) is 11.8 Å². The molecule has 0 saturated carbocycles. The number of anilines is 2. The highest BCUT2D eigenvalue weighted by Crippen LogP contribution is 2.25. The lowest BCUT2D eigenvalue weighted by molar-refractivity contribution is 0.101. The van der Waals surface area contributed by atoms with Crippen LogP contribution in [0.3, 0.4) is 0 Å². The Labute approximate surface area is 181 Å². The summed E-state index contributed by atoms with van der Waals surface area (Å²) < 4.78 is 5.24. The van der Waals surface area contributed by atoms with Crippen LogP contribution in [0.5, 0.6) is 5.75 Å². The van der Waals surface area contributed by atoms with Gasteiger partial charge in [0, 0.05) is 22.2 Å². The van der Waals surface area contributed by atoms with Gasteiger partial charge in [0.1, 0.15) is 5.75 Å². The number of benzene rings is 3. The molecular formula is C23H18N6O3. The highest BCUT2D eigenvalue weighted by atomic mass is 16.5. The smallest absolute Gasteiger partial charge is 0.256 e. The first-order chi connectivity index (χ1) is 15.6. The zero-order valence-corrected chi connectivity index (χ0v) is 17.0. The van der Waals surface area contributed by atoms with E-state index in [9.17, 15) is 9.59 Å². The molecule has 0 spiro atoms. The summed E-state index contributed by atoms with van der Waals surface area (Å²) in [6.07, 6.45) is 1.58. The Kier molecular flexibility index (Phi) is 4.75. The van der Waals surface area contributed by atoms with Crippen LogP contribution in [0.15, 0.2) is 67.0 Å². The second kappa shape index (κ2) is 7.88. The first-order valence-electron chi connectivity index (χ1n) is 9.79. The van der Waals surface area contributed by atoms with Gasteiger partial charge < -0.3 is 20.4 Å². The molecule has 0 aliphatic heterocycles. The number of carbonyl (C=O) groups excluding carboxylic acids is 2. The van der Waals surface area contributed by atoms with E-state index in [1.54, 1.807) is 62.0 Å². The fourth-order valence-corrected chi connectivity index (χ4v) is 3.41. The van der Waals surface area contributed by atoms with Crippen LogP contribution in [0, 0.1) is 0 Å². The van der Waals surface area contributed by atoms with Crippen LogP contribution in [-0.2, 0) is 0 Å². The number of nitrogens with zero attached hydrogens (tertiary/aromatic N) is 2. The van der Waals surface area contributed by atoms with E-state index in [1.165, 1.54) is 0 Å². The largest absolute Gasteiger partial charge is 0.497 e. The number of amides is 2. The van der Waals surface area contributed by atoms with E-state index < -0.39 is 0 Å². The van der Waals surface area contributed by atoms with Gasteiger partial charge in [0.2, 0.25) is 0 Å². The Bertz CT molecular complexity index is 1470. The average Bonchev–Trinajstić information content (AvgIpc) is 3.45. The molecule has 9 nitrogen and oxygen atoms in total. The maximum Gasteiger partial charge on any atom is 0.256 e. The first kappa shape index (κ1) is 19.3. The van der Waals surface area contributed by atoms with E-state index in [2.05, 4.69) is 30.8 Å². The Morgan fingerprint density at radius 1 is 0.906 bits per heavy atom. The molecule has 2 heterocycles. The van der Waals surface area contributed by atoms with Crippen LogP contribution in [0.1, 0.15) is 20.7 Å². The van der Waals surface area contributed by atoms with Gasteiger partial charge in [0.25, 0.3) is 11.8 Å². The van der Waals surface area contributed by atoms with Crippen LogP contribution in [0.25, 0.3) is 21.9 Å². The van der Waals surface area contributed by atoms with Crippen LogP contribution in [0.4, 0.5) is 11.5 Å². The number of fused-ring (bicyclic) bond motifs is 2. The summed E-state index contributed by atoms with van der Waals surface area (Å²) in [4.78, 5) is 32.6. The lowest BCUT2D eigenvalue weighted by atomic mass is 10.1. The summed E-state index contributed by atoms with van der Waals surface area (Å²) in [6, 6.07) is 17.3. The molecule has 4 N–H and O–H groups in total. The summed E-state index contributed by atoms with van der Waals surface area (Å²) in [5.41, 5.74) is 3.69. The highest BCUT2D eigenvalue weighted by molar-refractivity contribution is 6.10. The molecular weight excluding hydrogens is 408 g/mol. The topological polar surface area (TPSA) is 125 Å². The molecule has 0 fully saturated rings. The number of hydrogen-bond donors (Lipinski definition) is 4. The van der Waals surface area contributed by atoms with Gasteiger partial charge in [-0.3, -0.25) is 14.7 Å². The van der Waals surface area contributed by atoms with Gasteiger partial charge >= 0.3 is 0 Å². The number of methoxy groups -OCH3 is 1. The average molecular weight is 426 g/mol. The predicted octanol–water partition coefficient (Wildman–Crippen LogP) is 3.95. The van der Waals surface area contributed by atoms with Crippen molar-refractivity contribution in [2.45, 2.75) is 0 Å². The van der Waals surface area contributed by atoms with Crippen molar-refractivity contribution in [1.29, 1.82) is 0 Å². The minimum absolute atomic E-state index is 0.288. The molecule has 9 heteroatoms. The molecule has 3 aromatic carbocycles. The van der Waals surface area contributed by atoms with E-state index in [0.717, 1.165) is 21.9 Å². The summed E-state index contributed by atoms with van der Waals surface area (Å²) in [5.74, 6) is 0.416. The predicted molar refractivity (Wildman–Crippen MR) is 121 cm³/mol. The molecule has 0 bridgehead atoms. The normalized spacial score (nSPS) is 10.9. The van der Waals surface area contributed by atoms with Crippen molar-refractivity contribution in [3.8, 4) is 5.75 Å². The first-order valence-corrected chi connectivity index (χ1v) is 9.79. The number of carbonyl (C=O) groups is 2. The molecule has 2 aromatic heterocycles. The maximum atomic E-state index is 12.8. The van der Waals surface area contributed by atoms with Gasteiger partial charge in [-0.2, -0.15) is 5.10 Å². The minimum Gasteiger partial charge on any atom is -0.497 e. The summed E-state index contributed by atoms with van der Waals surface area (Å²) in [5, 5.41) is 13.4. The number of hydrogen-bond acceptors (Lipinski definition) is 5.